The number of benzene rings is 1. The summed E-state index contributed by atoms with van der Waals surface area (Å²) in [6.07, 6.45) is 3.29. The molecule has 5 heteroatoms. The summed E-state index contributed by atoms with van der Waals surface area (Å²) in [6, 6.07) is 14.8. The zero-order valence-electron chi connectivity index (χ0n) is 14.2. The molecule has 0 atom stereocenters. The molecule has 0 unspecified atom stereocenters. The summed E-state index contributed by atoms with van der Waals surface area (Å²) in [6.45, 7) is 4.28. The van der Waals surface area contributed by atoms with E-state index in [1.807, 2.05) is 44.2 Å². The van der Waals surface area contributed by atoms with Crippen molar-refractivity contribution in [1.29, 1.82) is 0 Å². The summed E-state index contributed by atoms with van der Waals surface area (Å²) in [5, 5.41) is 2.70. The highest BCUT2D eigenvalue weighted by atomic mass is 16.2. The number of hydrogen-bond donors (Lipinski definition) is 1. The molecule has 0 saturated heterocycles. The van der Waals surface area contributed by atoms with Gasteiger partial charge in [-0.3, -0.25) is 9.59 Å². The van der Waals surface area contributed by atoms with E-state index in [1.54, 1.807) is 24.5 Å². The molecule has 0 aliphatic rings. The van der Waals surface area contributed by atoms with Crippen LogP contribution in [0.5, 0.6) is 0 Å². The molecule has 5 nitrogen and oxygen atoms in total. The smallest absolute Gasteiger partial charge is 0.263 e. The van der Waals surface area contributed by atoms with E-state index in [0.717, 1.165) is 16.7 Å². The molecule has 0 radical (unpaired) electrons. The maximum atomic E-state index is 12.6. The molecule has 3 rings (SSSR count). The minimum absolute atomic E-state index is 0.0969. The summed E-state index contributed by atoms with van der Waals surface area (Å²) < 4.78 is 1.53. The Hall–Kier alpha value is -3.21. The quantitative estimate of drug-likeness (QED) is 0.798. The van der Waals surface area contributed by atoms with Gasteiger partial charge in [0.15, 0.2) is 0 Å². The molecule has 0 spiro atoms. The first-order valence-corrected chi connectivity index (χ1v) is 8.02. The zero-order chi connectivity index (χ0) is 17.8. The van der Waals surface area contributed by atoms with Crippen molar-refractivity contribution in [3.63, 3.8) is 0 Å². The number of nitrogens with zero attached hydrogens (tertiary/aromatic N) is 2. The lowest BCUT2D eigenvalue weighted by Crippen LogP contribution is -2.29. The van der Waals surface area contributed by atoms with Crippen LogP contribution in [0.1, 0.15) is 27.0 Å². The normalized spacial score (nSPS) is 10.5. The Morgan fingerprint density at radius 1 is 1.08 bits per heavy atom. The van der Waals surface area contributed by atoms with Gasteiger partial charge in [0.2, 0.25) is 0 Å². The Labute approximate surface area is 146 Å². The third-order valence-corrected chi connectivity index (χ3v) is 3.98. The minimum Gasteiger partial charge on any atom is -0.310 e. The van der Waals surface area contributed by atoms with Crippen molar-refractivity contribution >= 4 is 11.7 Å². The monoisotopic (exact) mass is 333 g/mol. The summed E-state index contributed by atoms with van der Waals surface area (Å²) >= 11 is 0. The van der Waals surface area contributed by atoms with Crippen LogP contribution < -0.4 is 10.9 Å². The van der Waals surface area contributed by atoms with E-state index in [9.17, 15) is 9.59 Å². The second-order valence-electron chi connectivity index (χ2n) is 5.96. The van der Waals surface area contributed by atoms with Crippen LogP contribution in [0.25, 0.3) is 0 Å². The number of nitrogens with one attached hydrogen (secondary N) is 1. The topological polar surface area (TPSA) is 64.0 Å². The summed E-state index contributed by atoms with van der Waals surface area (Å²) in [4.78, 5) is 29.2. The molecule has 2 aromatic heterocycles. The van der Waals surface area contributed by atoms with Gasteiger partial charge in [-0.25, -0.2) is 4.98 Å². The maximum absolute atomic E-state index is 12.6. The van der Waals surface area contributed by atoms with E-state index in [2.05, 4.69) is 10.3 Å². The number of pyridine rings is 2. The standard InChI is InChI=1S/C20H19N3O2/c1-14-7-9-16(10-8-14)13-23-12-4-6-17(20(23)25)19(24)22-18-15(2)5-3-11-21-18/h3-12H,13H2,1-2H3,(H,21,22,24). The van der Waals surface area contributed by atoms with Crippen molar-refractivity contribution < 1.29 is 4.79 Å². The maximum Gasteiger partial charge on any atom is 0.263 e. The van der Waals surface area contributed by atoms with E-state index >= 15 is 0 Å². The van der Waals surface area contributed by atoms with Gasteiger partial charge >= 0.3 is 0 Å². The number of rotatable bonds is 4. The summed E-state index contributed by atoms with van der Waals surface area (Å²) in [5.74, 6) is 0.00546. The second-order valence-corrected chi connectivity index (χ2v) is 5.96. The minimum atomic E-state index is -0.454. The predicted molar refractivity (Wildman–Crippen MR) is 97.9 cm³/mol. The van der Waals surface area contributed by atoms with Gasteiger partial charge in [-0.2, -0.15) is 0 Å². The molecule has 0 aliphatic carbocycles. The lowest BCUT2D eigenvalue weighted by Gasteiger charge is -2.10. The first-order chi connectivity index (χ1) is 12.0. The van der Waals surface area contributed by atoms with Gasteiger partial charge < -0.3 is 9.88 Å². The van der Waals surface area contributed by atoms with E-state index in [-0.39, 0.29) is 11.1 Å². The molecule has 1 aromatic carbocycles. The van der Waals surface area contributed by atoms with Gasteiger partial charge in [-0.1, -0.05) is 35.9 Å². The van der Waals surface area contributed by atoms with Crippen LogP contribution in [0.2, 0.25) is 0 Å². The van der Waals surface area contributed by atoms with Crippen molar-refractivity contribution in [1.82, 2.24) is 9.55 Å². The molecule has 126 valence electrons. The average Bonchev–Trinajstić information content (AvgIpc) is 2.60. The molecule has 0 aliphatic heterocycles. The number of anilines is 1. The summed E-state index contributed by atoms with van der Waals surface area (Å²) in [7, 11) is 0. The van der Waals surface area contributed by atoms with Crippen LogP contribution in [0.4, 0.5) is 5.82 Å². The van der Waals surface area contributed by atoms with Crippen molar-refractivity contribution in [2.75, 3.05) is 5.32 Å². The van der Waals surface area contributed by atoms with E-state index in [0.29, 0.717) is 12.4 Å². The largest absolute Gasteiger partial charge is 0.310 e. The average molecular weight is 333 g/mol. The second kappa shape index (κ2) is 7.13. The van der Waals surface area contributed by atoms with Gasteiger partial charge in [-0.05, 0) is 43.2 Å². The third-order valence-electron chi connectivity index (χ3n) is 3.98. The summed E-state index contributed by atoms with van der Waals surface area (Å²) in [5.41, 5.74) is 2.78. The molecule has 0 saturated carbocycles. The Bertz CT molecular complexity index is 959. The van der Waals surface area contributed by atoms with Crippen LogP contribution in [0.15, 0.2) is 65.7 Å². The highest BCUT2D eigenvalue weighted by Gasteiger charge is 2.14. The first-order valence-electron chi connectivity index (χ1n) is 8.02. The number of aryl methyl sites for hydroxylation is 2. The van der Waals surface area contributed by atoms with Gasteiger partial charge in [0, 0.05) is 12.4 Å². The zero-order valence-corrected chi connectivity index (χ0v) is 14.2. The van der Waals surface area contributed by atoms with Crippen LogP contribution in [0.3, 0.4) is 0 Å². The highest BCUT2D eigenvalue weighted by molar-refractivity contribution is 6.03. The lowest BCUT2D eigenvalue weighted by molar-refractivity contribution is 0.102. The fraction of sp³-hybridized carbons (Fsp3) is 0.150. The predicted octanol–water partition coefficient (Wildman–Crippen LogP) is 3.16. The van der Waals surface area contributed by atoms with Crippen molar-refractivity contribution in [3.8, 4) is 0 Å². The van der Waals surface area contributed by atoms with E-state index in [4.69, 9.17) is 0 Å². The van der Waals surface area contributed by atoms with E-state index < -0.39 is 5.91 Å². The number of hydrogen-bond acceptors (Lipinski definition) is 3. The van der Waals surface area contributed by atoms with Crippen LogP contribution in [-0.4, -0.2) is 15.5 Å². The Kier molecular flexibility index (Phi) is 4.75. The Morgan fingerprint density at radius 3 is 2.56 bits per heavy atom. The Balaban J connectivity index is 1.85. The van der Waals surface area contributed by atoms with Crippen LogP contribution >= 0.6 is 0 Å². The number of aromatic nitrogens is 2. The molecule has 1 N–H and O–H groups in total. The number of amides is 1. The molecule has 0 fully saturated rings. The molecule has 0 bridgehead atoms. The SMILES string of the molecule is Cc1ccc(Cn2cccc(C(=O)Nc3ncccc3C)c2=O)cc1. The fourth-order valence-corrected chi connectivity index (χ4v) is 2.52. The van der Waals surface area contributed by atoms with Gasteiger partial charge in [0.05, 0.1) is 6.54 Å². The van der Waals surface area contributed by atoms with Crippen LogP contribution in [0, 0.1) is 13.8 Å². The third kappa shape index (κ3) is 3.83. The van der Waals surface area contributed by atoms with Crippen molar-refractivity contribution in [2.45, 2.75) is 20.4 Å². The van der Waals surface area contributed by atoms with E-state index in [1.165, 1.54) is 10.6 Å². The van der Waals surface area contributed by atoms with Crippen molar-refractivity contribution in [3.05, 3.63) is 93.5 Å². The fourth-order valence-electron chi connectivity index (χ4n) is 2.52. The molecule has 3 aromatic rings. The molecule has 25 heavy (non-hydrogen) atoms. The van der Waals surface area contributed by atoms with Crippen LogP contribution in [-0.2, 0) is 6.54 Å². The highest BCUT2D eigenvalue weighted by Crippen LogP contribution is 2.10. The number of carbonyl (C=O) groups excluding carboxylic acids is 1. The molecular weight excluding hydrogens is 314 g/mol. The molecule has 2 heterocycles. The first kappa shape index (κ1) is 16.6. The van der Waals surface area contributed by atoms with Gasteiger partial charge in [-0.15, -0.1) is 0 Å². The molecular formula is C20H19N3O2. The Morgan fingerprint density at radius 2 is 1.84 bits per heavy atom. The van der Waals surface area contributed by atoms with Gasteiger partial charge in [0.1, 0.15) is 11.4 Å². The number of carbonyl (C=O) groups is 1. The van der Waals surface area contributed by atoms with Gasteiger partial charge in [0.25, 0.3) is 11.5 Å². The van der Waals surface area contributed by atoms with Crippen molar-refractivity contribution in [2.24, 2.45) is 0 Å². The lowest BCUT2D eigenvalue weighted by atomic mass is 10.1. The molecule has 1 amide bonds.